The molecule has 2 aromatic rings. The summed E-state index contributed by atoms with van der Waals surface area (Å²) in [5.74, 6) is 0. The molecule has 6 nitrogen and oxygen atoms in total. The van der Waals surface area contributed by atoms with E-state index in [9.17, 15) is 10.1 Å². The lowest BCUT2D eigenvalue weighted by Crippen LogP contribution is -1.90. The van der Waals surface area contributed by atoms with Gasteiger partial charge in [-0.1, -0.05) is 0 Å². The van der Waals surface area contributed by atoms with Crippen LogP contribution in [0, 0.1) is 24.0 Å². The van der Waals surface area contributed by atoms with Crippen molar-refractivity contribution in [3.63, 3.8) is 0 Å². The first-order chi connectivity index (χ1) is 9.31. The average molecular weight is 404 g/mol. The Morgan fingerprint density at radius 1 is 1.10 bits per heavy atom. The zero-order chi connectivity index (χ0) is 15.3. The molecule has 0 bridgehead atoms. The molecule has 0 saturated heterocycles. The largest absolute Gasteiger partial charge is 0.397 e. The zero-order valence-corrected chi connectivity index (χ0v) is 14.0. The lowest BCUT2D eigenvalue weighted by molar-refractivity contribution is -0.385. The Hall–Kier alpha value is -1.54. The van der Waals surface area contributed by atoms with Gasteiger partial charge in [0.1, 0.15) is 6.20 Å². The lowest BCUT2D eigenvalue weighted by Gasteiger charge is -1.95. The van der Waals surface area contributed by atoms with Gasteiger partial charge in [-0.15, -0.1) is 0 Å². The van der Waals surface area contributed by atoms with Crippen LogP contribution in [0.3, 0.4) is 0 Å². The Bertz CT molecular complexity index is 635. The van der Waals surface area contributed by atoms with Crippen molar-refractivity contribution in [2.24, 2.45) is 0 Å². The molecule has 106 valence electrons. The Labute approximate surface area is 132 Å². The van der Waals surface area contributed by atoms with E-state index in [1.807, 2.05) is 13.0 Å². The first-order valence-corrected chi connectivity index (χ1v) is 7.04. The molecule has 20 heavy (non-hydrogen) atoms. The van der Waals surface area contributed by atoms with Gasteiger partial charge in [-0.05, 0) is 51.8 Å². The van der Waals surface area contributed by atoms with E-state index in [0.717, 1.165) is 15.9 Å². The molecule has 0 fully saturated rings. The number of anilines is 1. The molecule has 0 radical (unpaired) electrons. The minimum absolute atomic E-state index is 0.00229. The molecule has 8 heteroatoms. The Morgan fingerprint density at radius 2 is 1.60 bits per heavy atom. The molecular weight excluding hydrogens is 392 g/mol. The highest BCUT2D eigenvalue weighted by molar-refractivity contribution is 9.10. The average Bonchev–Trinajstić information content (AvgIpc) is 2.38. The van der Waals surface area contributed by atoms with Crippen LogP contribution in [0.1, 0.15) is 11.4 Å². The quantitative estimate of drug-likeness (QED) is 0.577. The van der Waals surface area contributed by atoms with E-state index in [2.05, 4.69) is 41.8 Å². The summed E-state index contributed by atoms with van der Waals surface area (Å²) in [4.78, 5) is 17.6. The molecule has 2 aromatic heterocycles. The number of aromatic nitrogens is 2. The molecular formula is C12H12Br2N4O2. The fourth-order valence-corrected chi connectivity index (χ4v) is 1.82. The maximum absolute atomic E-state index is 10.2. The second-order valence-corrected chi connectivity index (χ2v) is 5.56. The number of nitrogens with two attached hydrogens (primary N) is 1. The van der Waals surface area contributed by atoms with Gasteiger partial charge in [-0.25, -0.2) is 0 Å². The lowest BCUT2D eigenvalue weighted by atomic mass is 10.3. The maximum atomic E-state index is 10.2. The topological polar surface area (TPSA) is 94.9 Å². The van der Waals surface area contributed by atoms with Gasteiger partial charge < -0.3 is 5.73 Å². The molecule has 0 amide bonds. The summed E-state index contributed by atoms with van der Waals surface area (Å²) in [7, 11) is 0. The van der Waals surface area contributed by atoms with Crippen LogP contribution < -0.4 is 5.73 Å². The number of hydrogen-bond acceptors (Lipinski definition) is 5. The van der Waals surface area contributed by atoms with Gasteiger partial charge in [0.15, 0.2) is 0 Å². The minimum atomic E-state index is -0.475. The van der Waals surface area contributed by atoms with Crippen LogP contribution in [0.25, 0.3) is 0 Å². The highest BCUT2D eigenvalue weighted by Gasteiger charge is 2.06. The van der Waals surface area contributed by atoms with Crippen LogP contribution in [-0.4, -0.2) is 14.9 Å². The first kappa shape index (κ1) is 16.5. The molecule has 0 aliphatic rings. The van der Waals surface area contributed by atoms with E-state index in [4.69, 9.17) is 5.73 Å². The fraction of sp³-hybridized carbons (Fsp3) is 0.167. The van der Waals surface area contributed by atoms with Crippen molar-refractivity contribution in [3.05, 3.63) is 55.0 Å². The Kier molecular flexibility index (Phi) is 6.03. The van der Waals surface area contributed by atoms with Crippen molar-refractivity contribution >= 4 is 43.2 Å². The van der Waals surface area contributed by atoms with Gasteiger partial charge in [-0.2, -0.15) is 0 Å². The van der Waals surface area contributed by atoms with Crippen LogP contribution in [0.4, 0.5) is 11.4 Å². The Morgan fingerprint density at radius 3 is 2.00 bits per heavy atom. The highest BCUT2D eigenvalue weighted by atomic mass is 79.9. The van der Waals surface area contributed by atoms with Crippen molar-refractivity contribution in [1.29, 1.82) is 0 Å². The molecule has 0 aliphatic carbocycles. The van der Waals surface area contributed by atoms with E-state index in [0.29, 0.717) is 10.2 Å². The molecule has 0 spiro atoms. The summed E-state index contributed by atoms with van der Waals surface area (Å²) in [5.41, 5.74) is 7.83. The van der Waals surface area contributed by atoms with Gasteiger partial charge >= 0.3 is 0 Å². The molecule has 0 atom stereocenters. The molecule has 0 unspecified atom stereocenters. The summed E-state index contributed by atoms with van der Waals surface area (Å²) >= 11 is 6.45. The molecule has 2 heterocycles. The zero-order valence-electron chi connectivity index (χ0n) is 10.8. The SMILES string of the molecule is Cc1ncc(N)cc1Br.Cc1ncc([N+](=O)[O-])cc1Br. The highest BCUT2D eigenvalue weighted by Crippen LogP contribution is 2.19. The Balaban J connectivity index is 0.000000204. The van der Waals surface area contributed by atoms with Crippen molar-refractivity contribution in [2.75, 3.05) is 5.73 Å². The third-order valence-corrected chi connectivity index (χ3v) is 3.87. The van der Waals surface area contributed by atoms with Crippen molar-refractivity contribution < 1.29 is 4.92 Å². The molecule has 0 aliphatic heterocycles. The standard InChI is InChI=1S/C6H5BrN2O2.C6H7BrN2/c1-4-6(7)2-5(3-8-4)9(10)11;1-4-6(7)2-5(8)3-9-4/h2-3H,1H3;2-3H,8H2,1H3. The van der Waals surface area contributed by atoms with Crippen molar-refractivity contribution in [3.8, 4) is 0 Å². The monoisotopic (exact) mass is 402 g/mol. The maximum Gasteiger partial charge on any atom is 0.288 e. The van der Waals surface area contributed by atoms with E-state index >= 15 is 0 Å². The van der Waals surface area contributed by atoms with Gasteiger partial charge in [0, 0.05) is 15.0 Å². The summed E-state index contributed by atoms with van der Waals surface area (Å²) in [6.45, 7) is 3.69. The van der Waals surface area contributed by atoms with Crippen molar-refractivity contribution in [2.45, 2.75) is 13.8 Å². The number of nitrogens with zero attached hydrogens (tertiary/aromatic N) is 3. The van der Waals surface area contributed by atoms with E-state index in [1.54, 1.807) is 13.1 Å². The summed E-state index contributed by atoms with van der Waals surface area (Å²) in [5, 5.41) is 10.2. The second-order valence-electron chi connectivity index (χ2n) is 3.85. The summed E-state index contributed by atoms with van der Waals surface area (Å²) in [6, 6.07) is 3.27. The first-order valence-electron chi connectivity index (χ1n) is 5.45. The van der Waals surface area contributed by atoms with E-state index in [1.165, 1.54) is 12.3 Å². The summed E-state index contributed by atoms with van der Waals surface area (Å²) in [6.07, 6.45) is 2.88. The predicted octanol–water partition coefficient (Wildman–Crippen LogP) is 3.80. The summed E-state index contributed by atoms with van der Waals surface area (Å²) < 4.78 is 1.62. The number of hydrogen-bond donors (Lipinski definition) is 1. The van der Waals surface area contributed by atoms with Gasteiger partial charge in [-0.3, -0.25) is 20.1 Å². The molecule has 0 saturated carbocycles. The number of pyridine rings is 2. The van der Waals surface area contributed by atoms with Crippen LogP contribution in [0.2, 0.25) is 0 Å². The number of nitro groups is 1. The normalized spacial score (nSPS) is 9.60. The number of aryl methyl sites for hydroxylation is 2. The van der Waals surface area contributed by atoms with Gasteiger partial charge in [0.25, 0.3) is 5.69 Å². The van der Waals surface area contributed by atoms with Crippen LogP contribution in [0.5, 0.6) is 0 Å². The molecule has 2 rings (SSSR count). The number of halogens is 2. The van der Waals surface area contributed by atoms with Crippen LogP contribution in [0.15, 0.2) is 33.5 Å². The van der Waals surface area contributed by atoms with E-state index < -0.39 is 4.92 Å². The van der Waals surface area contributed by atoms with E-state index in [-0.39, 0.29) is 5.69 Å². The number of rotatable bonds is 1. The third kappa shape index (κ3) is 4.86. The van der Waals surface area contributed by atoms with Crippen LogP contribution in [-0.2, 0) is 0 Å². The second kappa shape index (κ2) is 7.30. The van der Waals surface area contributed by atoms with Gasteiger partial charge in [0.05, 0.1) is 28.2 Å². The van der Waals surface area contributed by atoms with Crippen molar-refractivity contribution in [1.82, 2.24) is 9.97 Å². The fourth-order valence-electron chi connectivity index (χ4n) is 1.12. The smallest absolute Gasteiger partial charge is 0.288 e. The third-order valence-electron chi connectivity index (χ3n) is 2.27. The van der Waals surface area contributed by atoms with Crippen LogP contribution >= 0.6 is 31.9 Å². The van der Waals surface area contributed by atoms with Gasteiger partial charge in [0.2, 0.25) is 0 Å². The predicted molar refractivity (Wildman–Crippen MR) is 84.4 cm³/mol. The minimum Gasteiger partial charge on any atom is -0.397 e. The molecule has 0 aromatic carbocycles. The molecule has 2 N–H and O–H groups in total. The number of nitrogen functional groups attached to an aromatic ring is 1.